The zero-order valence-electron chi connectivity index (χ0n) is 13.6. The molecule has 3 rings (SSSR count). The van der Waals surface area contributed by atoms with Gasteiger partial charge in [-0.1, -0.05) is 36.9 Å². The maximum Gasteiger partial charge on any atom is 0.293 e. The number of halogens is 1. The van der Waals surface area contributed by atoms with E-state index in [9.17, 15) is 9.59 Å². The fourth-order valence-corrected chi connectivity index (χ4v) is 4.32. The number of methoxy groups -OCH3 is 1. The Morgan fingerprint density at radius 3 is 2.71 bits per heavy atom. The minimum atomic E-state index is -0.192. The number of benzene rings is 1. The van der Waals surface area contributed by atoms with Crippen LogP contribution in [0.4, 0.5) is 4.79 Å². The summed E-state index contributed by atoms with van der Waals surface area (Å²) in [6.45, 7) is 0.547. The molecule has 1 aromatic rings. The van der Waals surface area contributed by atoms with E-state index < -0.39 is 0 Å². The number of thioether (sulfide) groups is 1. The van der Waals surface area contributed by atoms with Gasteiger partial charge in [-0.05, 0) is 54.3 Å². The molecule has 2 aliphatic rings. The SMILES string of the molecule is COc1ccc(/C=C2/SC(=O)N(CC3CCCCC3)C2=O)cc1Cl. The third-order valence-electron chi connectivity index (χ3n) is 4.51. The van der Waals surface area contributed by atoms with E-state index in [0.29, 0.717) is 28.1 Å². The van der Waals surface area contributed by atoms with Crippen LogP contribution in [-0.2, 0) is 4.79 Å². The van der Waals surface area contributed by atoms with E-state index in [1.165, 1.54) is 24.2 Å². The van der Waals surface area contributed by atoms with E-state index in [0.717, 1.165) is 30.2 Å². The maximum absolute atomic E-state index is 12.6. The minimum Gasteiger partial charge on any atom is -0.495 e. The summed E-state index contributed by atoms with van der Waals surface area (Å²) in [6, 6.07) is 5.30. The van der Waals surface area contributed by atoms with Crippen LogP contribution in [-0.4, -0.2) is 29.7 Å². The molecule has 24 heavy (non-hydrogen) atoms. The van der Waals surface area contributed by atoms with Crippen molar-refractivity contribution in [1.29, 1.82) is 0 Å². The second kappa shape index (κ2) is 7.62. The van der Waals surface area contributed by atoms with E-state index in [4.69, 9.17) is 16.3 Å². The molecule has 1 saturated heterocycles. The number of hydrogen-bond acceptors (Lipinski definition) is 4. The lowest BCUT2D eigenvalue weighted by molar-refractivity contribution is -0.123. The highest BCUT2D eigenvalue weighted by Gasteiger charge is 2.36. The highest BCUT2D eigenvalue weighted by Crippen LogP contribution is 2.35. The highest BCUT2D eigenvalue weighted by molar-refractivity contribution is 8.18. The summed E-state index contributed by atoms with van der Waals surface area (Å²) in [5, 5.41) is 0.309. The summed E-state index contributed by atoms with van der Waals surface area (Å²) in [6.07, 6.45) is 7.58. The van der Waals surface area contributed by atoms with Crippen molar-refractivity contribution in [3.8, 4) is 5.75 Å². The average molecular weight is 366 g/mol. The van der Waals surface area contributed by atoms with Gasteiger partial charge in [-0.25, -0.2) is 0 Å². The van der Waals surface area contributed by atoms with Gasteiger partial charge < -0.3 is 4.74 Å². The van der Waals surface area contributed by atoms with Crippen molar-refractivity contribution in [2.45, 2.75) is 32.1 Å². The molecule has 1 aliphatic heterocycles. The molecular formula is C18H20ClNO3S. The van der Waals surface area contributed by atoms with Crippen LogP contribution in [0.25, 0.3) is 6.08 Å². The van der Waals surface area contributed by atoms with Gasteiger partial charge in [0.2, 0.25) is 0 Å². The monoisotopic (exact) mass is 365 g/mol. The van der Waals surface area contributed by atoms with Gasteiger partial charge >= 0.3 is 0 Å². The molecule has 1 heterocycles. The fourth-order valence-electron chi connectivity index (χ4n) is 3.21. The second-order valence-corrected chi connectivity index (χ2v) is 7.59. The third kappa shape index (κ3) is 3.78. The summed E-state index contributed by atoms with van der Waals surface area (Å²) in [7, 11) is 1.55. The lowest BCUT2D eigenvalue weighted by atomic mass is 9.89. The quantitative estimate of drug-likeness (QED) is 0.707. The second-order valence-electron chi connectivity index (χ2n) is 6.19. The first kappa shape index (κ1) is 17.4. The van der Waals surface area contributed by atoms with E-state index in [-0.39, 0.29) is 11.1 Å². The number of ether oxygens (including phenoxy) is 1. The van der Waals surface area contributed by atoms with Gasteiger partial charge in [-0.15, -0.1) is 0 Å². The van der Waals surface area contributed by atoms with Crippen LogP contribution in [0.1, 0.15) is 37.7 Å². The van der Waals surface area contributed by atoms with Crippen LogP contribution in [0.2, 0.25) is 5.02 Å². The number of imide groups is 1. The van der Waals surface area contributed by atoms with Gasteiger partial charge in [0.25, 0.3) is 11.1 Å². The standard InChI is InChI=1S/C18H20ClNO3S/c1-23-15-8-7-13(9-14(15)19)10-16-17(21)20(18(22)24-16)11-12-5-3-2-4-6-12/h7-10,12H,2-6,11H2,1H3/b16-10+. The molecule has 0 radical (unpaired) electrons. The van der Waals surface area contributed by atoms with Crippen LogP contribution >= 0.6 is 23.4 Å². The molecule has 0 bridgehead atoms. The Balaban J connectivity index is 1.74. The van der Waals surface area contributed by atoms with Crippen molar-refractivity contribution in [1.82, 2.24) is 4.90 Å². The molecule has 4 nitrogen and oxygen atoms in total. The van der Waals surface area contributed by atoms with Crippen LogP contribution in [0, 0.1) is 5.92 Å². The molecule has 0 aromatic heterocycles. The summed E-state index contributed by atoms with van der Waals surface area (Å²) in [5.41, 5.74) is 0.781. The van der Waals surface area contributed by atoms with E-state index in [2.05, 4.69) is 0 Å². The minimum absolute atomic E-state index is 0.170. The van der Waals surface area contributed by atoms with Crippen molar-refractivity contribution in [3.63, 3.8) is 0 Å². The lowest BCUT2D eigenvalue weighted by Gasteiger charge is -2.25. The van der Waals surface area contributed by atoms with Crippen LogP contribution in [0.5, 0.6) is 5.75 Å². The van der Waals surface area contributed by atoms with Crippen molar-refractivity contribution in [3.05, 3.63) is 33.7 Å². The van der Waals surface area contributed by atoms with Gasteiger partial charge in [0.1, 0.15) is 5.75 Å². The molecule has 6 heteroatoms. The maximum atomic E-state index is 12.6. The van der Waals surface area contributed by atoms with Crippen molar-refractivity contribution < 1.29 is 14.3 Å². The zero-order valence-corrected chi connectivity index (χ0v) is 15.2. The van der Waals surface area contributed by atoms with E-state index >= 15 is 0 Å². The zero-order chi connectivity index (χ0) is 17.1. The molecule has 2 fully saturated rings. The van der Waals surface area contributed by atoms with Crippen molar-refractivity contribution in [2.75, 3.05) is 13.7 Å². The molecule has 0 spiro atoms. The number of carbonyl (C=O) groups is 2. The van der Waals surface area contributed by atoms with Crippen LogP contribution in [0.3, 0.4) is 0 Å². The predicted molar refractivity (Wildman–Crippen MR) is 97.3 cm³/mol. The molecule has 128 valence electrons. The molecule has 0 atom stereocenters. The molecule has 1 saturated carbocycles. The Bertz CT molecular complexity index is 683. The smallest absolute Gasteiger partial charge is 0.293 e. The number of hydrogen-bond donors (Lipinski definition) is 0. The summed E-state index contributed by atoms with van der Waals surface area (Å²) in [4.78, 5) is 26.6. The number of carbonyl (C=O) groups excluding carboxylic acids is 2. The van der Waals surface area contributed by atoms with Crippen molar-refractivity contribution >= 4 is 40.6 Å². The Hall–Kier alpha value is -1.46. The first-order valence-corrected chi connectivity index (χ1v) is 9.37. The normalized spacial score (nSPS) is 20.9. The van der Waals surface area contributed by atoms with E-state index in [1.807, 2.05) is 6.07 Å². The molecule has 1 aliphatic carbocycles. The van der Waals surface area contributed by atoms with Gasteiger partial charge in [-0.3, -0.25) is 14.5 Å². The summed E-state index contributed by atoms with van der Waals surface area (Å²) < 4.78 is 5.12. The number of rotatable bonds is 4. The largest absolute Gasteiger partial charge is 0.495 e. The van der Waals surface area contributed by atoms with Crippen LogP contribution in [0.15, 0.2) is 23.1 Å². The van der Waals surface area contributed by atoms with Gasteiger partial charge in [0, 0.05) is 6.54 Å². The summed E-state index contributed by atoms with van der Waals surface area (Å²) in [5.74, 6) is 0.837. The van der Waals surface area contributed by atoms with Crippen molar-refractivity contribution in [2.24, 2.45) is 5.92 Å². The summed E-state index contributed by atoms with van der Waals surface area (Å²) >= 11 is 7.12. The Labute approximate surface area is 151 Å². The molecule has 2 amide bonds. The topological polar surface area (TPSA) is 46.6 Å². The highest BCUT2D eigenvalue weighted by atomic mass is 35.5. The Morgan fingerprint density at radius 1 is 1.29 bits per heavy atom. The lowest BCUT2D eigenvalue weighted by Crippen LogP contribution is -2.34. The van der Waals surface area contributed by atoms with Gasteiger partial charge in [0.15, 0.2) is 0 Å². The predicted octanol–water partition coefficient (Wildman–Crippen LogP) is 4.97. The molecule has 0 unspecified atom stereocenters. The van der Waals surface area contributed by atoms with Gasteiger partial charge in [-0.2, -0.15) is 0 Å². The van der Waals surface area contributed by atoms with E-state index in [1.54, 1.807) is 25.3 Å². The Kier molecular flexibility index (Phi) is 5.51. The first-order chi connectivity index (χ1) is 11.6. The van der Waals surface area contributed by atoms with Gasteiger partial charge in [0.05, 0.1) is 17.0 Å². The third-order valence-corrected chi connectivity index (χ3v) is 5.72. The average Bonchev–Trinajstić information content (AvgIpc) is 2.84. The number of nitrogens with zero attached hydrogens (tertiary/aromatic N) is 1. The Morgan fingerprint density at radius 2 is 2.04 bits per heavy atom. The first-order valence-electron chi connectivity index (χ1n) is 8.17. The molecule has 1 aromatic carbocycles. The molecule has 0 N–H and O–H groups in total. The molecular weight excluding hydrogens is 346 g/mol. The van der Waals surface area contributed by atoms with Crippen LogP contribution < -0.4 is 4.74 Å². The number of amides is 2. The fraction of sp³-hybridized carbons (Fsp3) is 0.444.